The molecule has 0 aromatic heterocycles. The Kier molecular flexibility index (Phi) is 16.7. The van der Waals surface area contributed by atoms with Crippen molar-refractivity contribution in [2.75, 3.05) is 0 Å². The zero-order valence-electron chi connectivity index (χ0n) is 36.5. The molecule has 1 aliphatic rings. The van der Waals surface area contributed by atoms with Crippen LogP contribution in [-0.2, 0) is 37.7 Å². The summed E-state index contributed by atoms with van der Waals surface area (Å²) in [6.45, 7) is 23.0. The maximum absolute atomic E-state index is 2.63. The van der Waals surface area contributed by atoms with E-state index >= 15 is 0 Å². The van der Waals surface area contributed by atoms with E-state index in [1.807, 2.05) is 0 Å². The van der Waals surface area contributed by atoms with E-state index in [9.17, 15) is 0 Å². The van der Waals surface area contributed by atoms with Crippen molar-refractivity contribution in [2.45, 2.75) is 88.5 Å². The van der Waals surface area contributed by atoms with Crippen molar-refractivity contribution in [1.82, 2.24) is 0 Å². The molecule has 1 atom stereocenters. The van der Waals surface area contributed by atoms with Crippen LogP contribution in [0.3, 0.4) is 0 Å². The summed E-state index contributed by atoms with van der Waals surface area (Å²) in [5.74, 6) is -2.12. The average molecular weight is 889 g/mol. The molecule has 0 radical (unpaired) electrons. The van der Waals surface area contributed by atoms with Gasteiger partial charge in [0.2, 0.25) is 0 Å². The number of benzene rings is 6. The van der Waals surface area contributed by atoms with Crippen LogP contribution in [-0.4, -0.2) is 5.94 Å². The summed E-state index contributed by atoms with van der Waals surface area (Å²) in [5, 5.41) is 4.67. The summed E-state index contributed by atoms with van der Waals surface area (Å²) in [6, 6.07) is 50.7. The van der Waals surface area contributed by atoms with Gasteiger partial charge in [0.15, 0.2) is 0 Å². The Morgan fingerprint density at radius 2 is 0.695 bits per heavy atom. The standard InChI is InChI=1S/C45H45Si.C9H13.3ClH.Ti/c1-31-16-32(2)20-40(19-31)25-37-10-7-13-43(28-37)46(44-14-8-11-38(29-44)26-41-21-33(3)17-34(4)22-41)45-15-9-12-39(30-45)27-42-23-35(5)18-36(6)24-42;1-6-5-7(2)9(4)8(6)3;;;;/h7-24,28-30H,25-27H2,1-6H3;6H,1-4H3;3*1H;/q;;;;;+3/p-3. The summed E-state index contributed by atoms with van der Waals surface area (Å²) in [4.78, 5) is 0. The van der Waals surface area contributed by atoms with E-state index in [0.29, 0.717) is 5.92 Å². The number of rotatable bonds is 11. The summed E-state index contributed by atoms with van der Waals surface area (Å²) in [7, 11) is 0. The first-order chi connectivity index (χ1) is 26.8. The molecule has 1 aliphatic carbocycles. The van der Waals surface area contributed by atoms with Gasteiger partial charge in [0, 0.05) is 0 Å². The van der Waals surface area contributed by atoms with Gasteiger partial charge in [-0.2, -0.15) is 0 Å². The van der Waals surface area contributed by atoms with Crippen LogP contribution in [0.15, 0.2) is 148 Å². The van der Waals surface area contributed by atoms with Gasteiger partial charge in [-0.1, -0.05) is 0 Å². The molecule has 0 heterocycles. The molecule has 0 bridgehead atoms. The first kappa shape index (κ1) is 48.3. The van der Waals surface area contributed by atoms with Crippen LogP contribution in [0.5, 0.6) is 0 Å². The van der Waals surface area contributed by atoms with E-state index in [0.717, 1.165) is 19.3 Å². The van der Waals surface area contributed by atoms with Crippen LogP contribution in [0.25, 0.3) is 0 Å². The van der Waals surface area contributed by atoms with Crippen LogP contribution in [0.2, 0.25) is 0 Å². The van der Waals surface area contributed by atoms with Gasteiger partial charge < -0.3 is 37.2 Å². The quantitative estimate of drug-likeness (QED) is 0.139. The monoisotopic (exact) mass is 887 g/mol. The second-order valence-corrected chi connectivity index (χ2v) is 26.1. The minimum absolute atomic E-state index is 0. The van der Waals surface area contributed by atoms with E-state index < -0.39 is 24.3 Å². The fourth-order valence-electron chi connectivity index (χ4n) is 9.45. The van der Waals surface area contributed by atoms with Crippen LogP contribution in [0.4, 0.5) is 0 Å². The molecule has 0 saturated heterocycles. The molecule has 0 fully saturated rings. The molecular formula is C54H58Cl3SiTi. The van der Waals surface area contributed by atoms with Gasteiger partial charge in [-0.25, -0.2) is 0 Å². The maximum atomic E-state index is 2.63. The normalized spacial score (nSPS) is 13.7. The van der Waals surface area contributed by atoms with E-state index in [4.69, 9.17) is 0 Å². The Labute approximate surface area is 383 Å². The number of allylic oxidation sites excluding steroid dienone is 4. The van der Waals surface area contributed by atoms with Crippen LogP contribution in [0, 0.1) is 47.5 Å². The average Bonchev–Trinajstić information content (AvgIpc) is 3.30. The third-order valence-electron chi connectivity index (χ3n) is 12.1. The maximum Gasteiger partial charge on any atom is -1.00 e. The first-order valence-electron chi connectivity index (χ1n) is 20.4. The van der Waals surface area contributed by atoms with Crippen molar-refractivity contribution in [2.24, 2.45) is 5.92 Å². The first-order valence-corrected chi connectivity index (χ1v) is 25.6. The van der Waals surface area contributed by atoms with Crippen LogP contribution < -0.4 is 52.8 Å². The zero-order chi connectivity index (χ0) is 39.7. The van der Waals surface area contributed by atoms with Crippen molar-refractivity contribution in [1.29, 1.82) is 0 Å². The van der Waals surface area contributed by atoms with Crippen LogP contribution >= 0.6 is 0 Å². The van der Waals surface area contributed by atoms with Crippen molar-refractivity contribution >= 4 is 21.5 Å². The molecule has 0 aliphatic heterocycles. The molecule has 6 aromatic rings. The number of aryl methyl sites for hydroxylation is 6. The predicted molar refractivity (Wildman–Crippen MR) is 240 cm³/mol. The molecule has 1 unspecified atom stereocenters. The smallest absolute Gasteiger partial charge is 1.00 e. The fraction of sp³-hybridized carbons (Fsp3) is 0.259. The van der Waals surface area contributed by atoms with Gasteiger partial charge in [-0.05, 0) is 0 Å². The minimum atomic E-state index is -2.60. The van der Waals surface area contributed by atoms with Gasteiger partial charge in [0.05, 0.1) is 0 Å². The van der Waals surface area contributed by atoms with Crippen molar-refractivity contribution in [3.63, 3.8) is 0 Å². The van der Waals surface area contributed by atoms with Gasteiger partial charge in [-0.15, -0.1) is 0 Å². The van der Waals surface area contributed by atoms with Crippen molar-refractivity contribution in [3.8, 4) is 0 Å². The molecule has 0 amide bonds. The molecule has 59 heavy (non-hydrogen) atoms. The Balaban J connectivity index is 0.00000256. The van der Waals surface area contributed by atoms with Gasteiger partial charge in [-0.3, -0.25) is 0 Å². The number of halogens is 3. The van der Waals surface area contributed by atoms with E-state index in [2.05, 4.69) is 197 Å². The second kappa shape index (κ2) is 20.4. The summed E-state index contributed by atoms with van der Waals surface area (Å²) in [5.41, 5.74) is 21.0. The van der Waals surface area contributed by atoms with Gasteiger partial charge in [0.1, 0.15) is 0 Å². The summed E-state index contributed by atoms with van der Waals surface area (Å²) < 4.78 is 1.74. The molecule has 5 heteroatoms. The van der Waals surface area contributed by atoms with Gasteiger partial charge >= 0.3 is 349 Å². The topological polar surface area (TPSA) is 0 Å². The van der Waals surface area contributed by atoms with E-state index in [-0.39, 0.29) is 37.2 Å². The van der Waals surface area contributed by atoms with Crippen molar-refractivity contribution in [3.05, 3.63) is 215 Å². The fourth-order valence-corrected chi connectivity index (χ4v) is 22.6. The molecule has 303 valence electrons. The Morgan fingerprint density at radius 3 is 0.966 bits per heavy atom. The molecule has 0 nitrogen and oxygen atoms in total. The number of hydrogen-bond donors (Lipinski definition) is 0. The largest absolute Gasteiger partial charge is 1.00 e. The SMILES string of the molecule is CC1=C(C)C(C)[C]([Ti+3][Si](c2cccc(Cc3cc(C)cc(C)c3)c2)(c2cccc(Cc3cc(C)cc(C)c3)c2)c2cccc(Cc3cc(C)cc(C)c3)c2)=C1C.[Cl-].[Cl-].[Cl-]. The Hall–Kier alpha value is -3.40. The molecular weight excluding hydrogens is 831 g/mol. The third kappa shape index (κ3) is 10.9. The molecule has 7 rings (SSSR count). The Bertz CT molecular complexity index is 2220. The summed E-state index contributed by atoms with van der Waals surface area (Å²) in [6.07, 6.45) is 2.83. The third-order valence-corrected chi connectivity index (χ3v) is 24.6. The van der Waals surface area contributed by atoms with Crippen LogP contribution in [0.1, 0.15) is 94.5 Å². The van der Waals surface area contributed by atoms with E-state index in [1.165, 1.54) is 72.3 Å². The van der Waals surface area contributed by atoms with Crippen molar-refractivity contribution < 1.29 is 55.6 Å². The zero-order valence-corrected chi connectivity index (χ0v) is 41.3. The van der Waals surface area contributed by atoms with Gasteiger partial charge in [0.25, 0.3) is 0 Å². The molecule has 6 aromatic carbocycles. The second-order valence-electron chi connectivity index (χ2n) is 17.1. The molecule has 0 spiro atoms. The number of hydrogen-bond acceptors (Lipinski definition) is 0. The summed E-state index contributed by atoms with van der Waals surface area (Å²) >= 11 is -0.686. The minimum Gasteiger partial charge on any atom is -1.00 e. The predicted octanol–water partition coefficient (Wildman–Crippen LogP) is 2.63. The molecule has 0 saturated carbocycles. The molecule has 0 N–H and O–H groups in total. The Morgan fingerprint density at radius 1 is 0.390 bits per heavy atom. The van der Waals surface area contributed by atoms with E-state index in [1.54, 1.807) is 30.6 Å².